The van der Waals surface area contributed by atoms with Gasteiger partial charge >= 0.3 is 0 Å². The van der Waals surface area contributed by atoms with Crippen molar-refractivity contribution in [3.05, 3.63) is 122 Å². The molecule has 0 saturated heterocycles. The number of hydrogen-bond acceptors (Lipinski definition) is 12. The van der Waals surface area contributed by atoms with Gasteiger partial charge in [-0.25, -0.2) is 34.3 Å². The molecular weight excluding hydrogens is 733 g/mol. The minimum absolute atomic E-state index is 0.434. The molecule has 2 N–H and O–H groups in total. The molecule has 282 valence electrons. The lowest BCUT2D eigenvalue weighted by molar-refractivity contribution is 0.776. The summed E-state index contributed by atoms with van der Waals surface area (Å²) in [5.74, 6) is 3.25. The number of aromatic nitrogens is 15. The van der Waals surface area contributed by atoms with Crippen LogP contribution in [0.2, 0.25) is 0 Å². The van der Waals surface area contributed by atoms with Crippen molar-refractivity contribution in [1.82, 2.24) is 72.6 Å². The highest BCUT2D eigenvalue weighted by atomic mass is 15.3. The average molecular weight is 765 g/mol. The van der Waals surface area contributed by atoms with Gasteiger partial charge in [0, 0.05) is 85.7 Å². The van der Waals surface area contributed by atoms with Gasteiger partial charge in [-0.15, -0.1) is 0 Å². The monoisotopic (exact) mass is 764 g/mol. The van der Waals surface area contributed by atoms with Crippen LogP contribution in [-0.2, 0) is 20.5 Å². The third-order valence-corrected chi connectivity index (χ3v) is 10.3. The number of rotatable bonds is 10. The number of imidazole rings is 3. The Labute approximate surface area is 328 Å². The maximum atomic E-state index is 5.16. The van der Waals surface area contributed by atoms with Crippen LogP contribution in [0.4, 0.5) is 28.7 Å². The second kappa shape index (κ2) is 12.9. The van der Waals surface area contributed by atoms with Crippen molar-refractivity contribution >= 4 is 73.8 Å². The molecule has 0 radical (unpaired) electrons. The van der Waals surface area contributed by atoms with Crippen molar-refractivity contribution < 1.29 is 0 Å². The van der Waals surface area contributed by atoms with E-state index in [9.17, 15) is 0 Å². The molecule has 0 aliphatic rings. The lowest BCUT2D eigenvalue weighted by Crippen LogP contribution is -2.10. The summed E-state index contributed by atoms with van der Waals surface area (Å²) in [5, 5.41) is 17.8. The van der Waals surface area contributed by atoms with Crippen molar-refractivity contribution in [3.63, 3.8) is 0 Å². The molecule has 0 amide bonds. The smallest absolute Gasteiger partial charge is 0.240 e. The van der Waals surface area contributed by atoms with E-state index in [1.807, 2.05) is 69.7 Å². The quantitative estimate of drug-likeness (QED) is 0.150. The van der Waals surface area contributed by atoms with Crippen molar-refractivity contribution in [3.8, 4) is 17.2 Å². The highest BCUT2D eigenvalue weighted by molar-refractivity contribution is 6.06. The van der Waals surface area contributed by atoms with E-state index in [2.05, 4.69) is 71.1 Å². The summed E-state index contributed by atoms with van der Waals surface area (Å²) in [7, 11) is 3.80. The first-order valence-corrected chi connectivity index (χ1v) is 18.4. The van der Waals surface area contributed by atoms with Crippen LogP contribution in [0.25, 0.3) is 56.1 Å². The molecule has 0 bridgehead atoms. The second-order valence-electron chi connectivity index (χ2n) is 13.7. The van der Waals surface area contributed by atoms with Crippen LogP contribution in [0.3, 0.4) is 0 Å². The molecule has 0 aliphatic heterocycles. The molecule has 0 unspecified atom stereocenters. The largest absolute Gasteiger partial charge is 0.340 e. The molecule has 3 aromatic carbocycles. The van der Waals surface area contributed by atoms with Crippen LogP contribution in [0.15, 0.2) is 116 Å². The van der Waals surface area contributed by atoms with Crippen molar-refractivity contribution in [1.29, 1.82) is 0 Å². The van der Waals surface area contributed by atoms with E-state index in [4.69, 9.17) is 19.9 Å². The highest BCUT2D eigenvalue weighted by Gasteiger charge is 2.24. The van der Waals surface area contributed by atoms with Gasteiger partial charge in [-0.05, 0) is 37.3 Å². The van der Waals surface area contributed by atoms with E-state index < -0.39 is 0 Å². The first-order valence-electron chi connectivity index (χ1n) is 18.4. The summed E-state index contributed by atoms with van der Waals surface area (Å²) in [4.78, 5) is 37.9. The van der Waals surface area contributed by atoms with Gasteiger partial charge in [0.2, 0.25) is 11.6 Å². The maximum absolute atomic E-state index is 5.16. The van der Waals surface area contributed by atoms with Crippen LogP contribution < -0.4 is 10.6 Å². The number of fused-ring (bicyclic) bond motifs is 1. The number of aryl methyl sites for hydroxylation is 2. The van der Waals surface area contributed by atoms with Gasteiger partial charge in [0.15, 0.2) is 5.82 Å². The van der Waals surface area contributed by atoms with Gasteiger partial charge in [-0.2, -0.15) is 15.2 Å². The summed E-state index contributed by atoms with van der Waals surface area (Å²) >= 11 is 0. The van der Waals surface area contributed by atoms with E-state index in [0.717, 1.165) is 78.7 Å². The molecule has 8 aromatic heterocycles. The fourth-order valence-corrected chi connectivity index (χ4v) is 7.61. The number of hydrogen-bond donors (Lipinski definition) is 2. The standard InChI is InChI=1S/C40H32N18/c1-4-43-29-15-24(55-13-11-41-21-55)16-30(49-34-7-9-47-53(34)2)28(29)19-31-26-5-6-27-36(26)58-39(51-31)44-20-45-40(58)52-38(27)57-23-46-32-17-25(56-14-12-42-22-56)18-33(37(32)57)50-35-8-10-48-54(35)3/h4-18,20-23,49-50H,19H2,1-3H3/b43-4-. The van der Waals surface area contributed by atoms with E-state index in [1.54, 1.807) is 59.3 Å². The summed E-state index contributed by atoms with van der Waals surface area (Å²) in [6.07, 6.45) is 19.9. The van der Waals surface area contributed by atoms with Crippen LogP contribution in [-0.4, -0.2) is 78.8 Å². The molecule has 0 saturated carbocycles. The molecule has 18 nitrogen and oxygen atoms in total. The molecule has 11 aromatic rings. The molecule has 0 spiro atoms. The lowest BCUT2D eigenvalue weighted by atomic mass is 10.0. The minimum atomic E-state index is 0.434. The molecule has 58 heavy (non-hydrogen) atoms. The average Bonchev–Trinajstić information content (AvgIpc) is 4.09. The van der Waals surface area contributed by atoms with Crippen molar-refractivity contribution in [2.45, 2.75) is 13.3 Å². The SMILES string of the molecule is C/C=N\c1cc(-n2ccnc2)cc(Nc2ccnn2C)c1Cc1nc2ncnc3nc(-n4cnc5cc(-n6ccnc6)cc(Nc6ccnn6C)c54)c4ccc1c4n23. The zero-order valence-electron chi connectivity index (χ0n) is 31.3. The second-order valence-corrected chi connectivity index (χ2v) is 13.7. The third kappa shape index (κ3) is 5.26. The Bertz CT molecular complexity index is 3310. The molecule has 18 heteroatoms. The van der Waals surface area contributed by atoms with Crippen molar-refractivity contribution in [2.24, 2.45) is 19.1 Å². The number of nitrogens with zero attached hydrogens (tertiary/aromatic N) is 16. The Morgan fingerprint density at radius 1 is 0.690 bits per heavy atom. The molecule has 0 fully saturated rings. The molecule has 8 heterocycles. The Hall–Kier alpha value is -8.28. The highest BCUT2D eigenvalue weighted by Crippen LogP contribution is 2.39. The number of benzene rings is 2. The van der Waals surface area contributed by atoms with Crippen LogP contribution in [0, 0.1) is 0 Å². The van der Waals surface area contributed by atoms with E-state index >= 15 is 0 Å². The summed E-state index contributed by atoms with van der Waals surface area (Å²) < 4.78 is 11.4. The normalized spacial score (nSPS) is 12.1. The number of anilines is 4. The molecule has 11 rings (SSSR count). The Morgan fingerprint density at radius 2 is 1.36 bits per heavy atom. The predicted molar refractivity (Wildman–Crippen MR) is 220 cm³/mol. The third-order valence-electron chi connectivity index (χ3n) is 10.3. The Morgan fingerprint density at radius 3 is 2.03 bits per heavy atom. The van der Waals surface area contributed by atoms with E-state index in [-0.39, 0.29) is 0 Å². The molecular formula is C40H32N18. The molecule has 0 aliphatic carbocycles. The first-order chi connectivity index (χ1) is 28.5. The minimum Gasteiger partial charge on any atom is -0.340 e. The number of nitrogens with one attached hydrogen (secondary N) is 2. The summed E-state index contributed by atoms with van der Waals surface area (Å²) in [6, 6.07) is 16.3. The summed E-state index contributed by atoms with van der Waals surface area (Å²) in [5.41, 5.74) is 8.53. The fraction of sp³-hybridized carbons (Fsp3) is 0.100. The Balaban J connectivity index is 1.11. The van der Waals surface area contributed by atoms with Gasteiger partial charge in [0.25, 0.3) is 0 Å². The van der Waals surface area contributed by atoms with Crippen LogP contribution in [0.1, 0.15) is 18.2 Å². The van der Waals surface area contributed by atoms with Crippen molar-refractivity contribution in [2.75, 3.05) is 10.6 Å². The lowest BCUT2D eigenvalue weighted by Gasteiger charge is -2.18. The van der Waals surface area contributed by atoms with Gasteiger partial charge in [-0.1, -0.05) is 6.07 Å². The zero-order valence-corrected chi connectivity index (χ0v) is 31.3. The van der Waals surface area contributed by atoms with E-state index in [0.29, 0.717) is 23.8 Å². The topological polar surface area (TPSA) is 181 Å². The molecule has 0 atom stereocenters. The zero-order chi connectivity index (χ0) is 38.9. The van der Waals surface area contributed by atoms with Crippen LogP contribution >= 0.6 is 0 Å². The fourth-order valence-electron chi connectivity index (χ4n) is 7.61. The summed E-state index contributed by atoms with van der Waals surface area (Å²) in [6.45, 7) is 1.91. The van der Waals surface area contributed by atoms with Gasteiger partial charge in [-0.3, -0.25) is 18.9 Å². The Kier molecular flexibility index (Phi) is 7.36. The first kappa shape index (κ1) is 33.1. The van der Waals surface area contributed by atoms with E-state index in [1.165, 1.54) is 6.33 Å². The predicted octanol–water partition coefficient (Wildman–Crippen LogP) is 6.24. The van der Waals surface area contributed by atoms with Crippen LogP contribution in [0.5, 0.6) is 0 Å². The van der Waals surface area contributed by atoms with Gasteiger partial charge in [0.1, 0.15) is 24.3 Å². The number of aliphatic imine (C=N–C) groups is 1. The van der Waals surface area contributed by atoms with Gasteiger partial charge < -0.3 is 19.8 Å². The van der Waals surface area contributed by atoms with Gasteiger partial charge in [0.05, 0.1) is 70.0 Å². The maximum Gasteiger partial charge on any atom is 0.240 e.